The minimum Gasteiger partial charge on any atom is -0.364 e. The lowest BCUT2D eigenvalue weighted by Gasteiger charge is -2.15. The summed E-state index contributed by atoms with van der Waals surface area (Å²) in [6.45, 7) is 6.07. The topological polar surface area (TPSA) is 48.7 Å². The van der Waals surface area contributed by atoms with Gasteiger partial charge in [0.2, 0.25) is 0 Å². The Bertz CT molecular complexity index is 439. The molecule has 2 rings (SSSR count). The van der Waals surface area contributed by atoms with Crippen molar-refractivity contribution in [3.8, 4) is 6.07 Å². The van der Waals surface area contributed by atoms with Crippen LogP contribution in [0.2, 0.25) is 0 Å². The molecule has 1 fully saturated rings. The van der Waals surface area contributed by atoms with E-state index in [2.05, 4.69) is 23.3 Å². The second-order valence-electron chi connectivity index (χ2n) is 4.60. The molecule has 1 heterocycles. The summed E-state index contributed by atoms with van der Waals surface area (Å²) in [5.74, 6) is 0.745. The first-order valence-electron chi connectivity index (χ1n) is 5.21. The van der Waals surface area contributed by atoms with Crippen molar-refractivity contribution in [1.29, 1.82) is 5.26 Å². The first-order chi connectivity index (χ1) is 7.04. The van der Waals surface area contributed by atoms with Gasteiger partial charge in [0.1, 0.15) is 11.9 Å². The van der Waals surface area contributed by atoms with Crippen molar-refractivity contribution in [2.45, 2.75) is 39.2 Å². The van der Waals surface area contributed by atoms with Crippen LogP contribution in [0, 0.1) is 25.2 Å². The van der Waals surface area contributed by atoms with Crippen molar-refractivity contribution >= 4 is 5.82 Å². The molecule has 0 aromatic carbocycles. The van der Waals surface area contributed by atoms with E-state index in [0.29, 0.717) is 5.56 Å². The Morgan fingerprint density at radius 2 is 2.13 bits per heavy atom. The summed E-state index contributed by atoms with van der Waals surface area (Å²) in [6.07, 6.45) is 2.32. The van der Waals surface area contributed by atoms with Gasteiger partial charge in [0, 0.05) is 11.2 Å². The quantitative estimate of drug-likeness (QED) is 0.799. The lowest BCUT2D eigenvalue weighted by molar-refractivity contribution is 0.818. The molecule has 0 amide bonds. The molecule has 0 unspecified atom stereocenters. The fourth-order valence-corrected chi connectivity index (χ4v) is 1.67. The molecule has 0 spiro atoms. The predicted octanol–water partition coefficient (Wildman–Crippen LogP) is 2.53. The zero-order valence-corrected chi connectivity index (χ0v) is 9.39. The molecule has 3 heteroatoms. The fourth-order valence-electron chi connectivity index (χ4n) is 1.67. The summed E-state index contributed by atoms with van der Waals surface area (Å²) < 4.78 is 0. The highest BCUT2D eigenvalue weighted by Gasteiger charge is 2.38. The Kier molecular flexibility index (Phi) is 2.15. The van der Waals surface area contributed by atoms with Gasteiger partial charge in [-0.15, -0.1) is 0 Å². The average Bonchev–Trinajstić information content (AvgIpc) is 2.82. The number of nitrogens with zero attached hydrogens (tertiary/aromatic N) is 2. The molecule has 0 bridgehead atoms. The van der Waals surface area contributed by atoms with Crippen LogP contribution in [0.3, 0.4) is 0 Å². The molecule has 3 nitrogen and oxygen atoms in total. The number of pyridine rings is 1. The van der Waals surface area contributed by atoms with Crippen molar-refractivity contribution in [2.75, 3.05) is 5.32 Å². The number of aromatic nitrogens is 1. The zero-order valence-electron chi connectivity index (χ0n) is 9.39. The van der Waals surface area contributed by atoms with Gasteiger partial charge in [-0.05, 0) is 45.2 Å². The van der Waals surface area contributed by atoms with Gasteiger partial charge in [-0.25, -0.2) is 4.98 Å². The number of rotatable bonds is 2. The molecule has 15 heavy (non-hydrogen) atoms. The highest BCUT2D eigenvalue weighted by molar-refractivity contribution is 5.58. The van der Waals surface area contributed by atoms with Crippen molar-refractivity contribution < 1.29 is 0 Å². The predicted molar refractivity (Wildman–Crippen MR) is 59.7 cm³/mol. The molecule has 0 aliphatic heterocycles. The van der Waals surface area contributed by atoms with Crippen LogP contribution in [0.25, 0.3) is 0 Å². The number of anilines is 1. The molecular weight excluding hydrogens is 186 g/mol. The normalized spacial score (nSPS) is 16.9. The van der Waals surface area contributed by atoms with Crippen LogP contribution in [0.5, 0.6) is 0 Å². The molecule has 1 aliphatic rings. The summed E-state index contributed by atoms with van der Waals surface area (Å²) in [5.41, 5.74) is 2.79. The Morgan fingerprint density at radius 3 is 2.67 bits per heavy atom. The molecule has 1 aliphatic carbocycles. The molecule has 1 aromatic heterocycles. The second-order valence-corrected chi connectivity index (χ2v) is 4.60. The molecule has 1 N–H and O–H groups in total. The van der Waals surface area contributed by atoms with Gasteiger partial charge < -0.3 is 5.32 Å². The average molecular weight is 201 g/mol. The smallest absolute Gasteiger partial charge is 0.144 e. The molecule has 78 valence electrons. The van der Waals surface area contributed by atoms with E-state index in [4.69, 9.17) is 5.26 Å². The summed E-state index contributed by atoms with van der Waals surface area (Å²) in [6, 6.07) is 4.16. The van der Waals surface area contributed by atoms with Crippen molar-refractivity contribution in [2.24, 2.45) is 0 Å². The van der Waals surface area contributed by atoms with Gasteiger partial charge in [-0.2, -0.15) is 5.26 Å². The Hall–Kier alpha value is -1.56. The van der Waals surface area contributed by atoms with E-state index in [1.54, 1.807) is 0 Å². The molecular formula is C12H15N3. The number of aryl methyl sites for hydroxylation is 2. The van der Waals surface area contributed by atoms with Gasteiger partial charge in [-0.1, -0.05) is 0 Å². The van der Waals surface area contributed by atoms with Gasteiger partial charge in [-0.3, -0.25) is 0 Å². The SMILES string of the molecule is Cc1cc(C)c(C#N)c(NC2(C)CC2)n1. The van der Waals surface area contributed by atoms with Gasteiger partial charge in [0.25, 0.3) is 0 Å². The Balaban J connectivity index is 2.40. The molecule has 0 saturated heterocycles. The van der Waals surface area contributed by atoms with Crippen molar-refractivity contribution in [3.63, 3.8) is 0 Å². The third-order valence-electron chi connectivity index (χ3n) is 2.88. The van der Waals surface area contributed by atoms with Gasteiger partial charge in [0.15, 0.2) is 0 Å². The van der Waals surface area contributed by atoms with Crippen LogP contribution in [0.4, 0.5) is 5.82 Å². The van der Waals surface area contributed by atoms with E-state index in [0.717, 1.165) is 29.9 Å². The highest BCUT2D eigenvalue weighted by atomic mass is 15.1. The number of hydrogen-bond acceptors (Lipinski definition) is 3. The van der Waals surface area contributed by atoms with Crippen LogP contribution in [-0.4, -0.2) is 10.5 Å². The Labute approximate surface area is 90.1 Å². The second kappa shape index (κ2) is 3.23. The van der Waals surface area contributed by atoms with Gasteiger partial charge >= 0.3 is 0 Å². The third kappa shape index (κ3) is 1.94. The minimum atomic E-state index is 0.166. The minimum absolute atomic E-state index is 0.166. The standard InChI is InChI=1S/C12H15N3/c1-8-6-9(2)14-11(10(8)7-13)15-12(3)4-5-12/h6H,4-5H2,1-3H3,(H,14,15). The lowest BCUT2D eigenvalue weighted by Crippen LogP contribution is -2.18. The third-order valence-corrected chi connectivity index (χ3v) is 2.88. The molecule has 1 aromatic rings. The number of nitriles is 1. The zero-order chi connectivity index (χ0) is 11.1. The summed E-state index contributed by atoms with van der Waals surface area (Å²) in [4.78, 5) is 4.40. The van der Waals surface area contributed by atoms with Crippen molar-refractivity contribution in [3.05, 3.63) is 22.9 Å². The Morgan fingerprint density at radius 1 is 1.47 bits per heavy atom. The maximum atomic E-state index is 9.08. The molecule has 0 radical (unpaired) electrons. The number of nitrogens with one attached hydrogen (secondary N) is 1. The molecule has 0 atom stereocenters. The number of hydrogen-bond donors (Lipinski definition) is 1. The van der Waals surface area contributed by atoms with E-state index < -0.39 is 0 Å². The van der Waals surface area contributed by atoms with Gasteiger partial charge in [0.05, 0.1) is 5.56 Å². The largest absolute Gasteiger partial charge is 0.364 e. The van der Waals surface area contributed by atoms with Crippen LogP contribution in [0.15, 0.2) is 6.07 Å². The first kappa shape index (κ1) is 9.97. The van der Waals surface area contributed by atoms with Crippen molar-refractivity contribution in [1.82, 2.24) is 4.98 Å². The van der Waals surface area contributed by atoms with Crippen LogP contribution < -0.4 is 5.32 Å². The maximum Gasteiger partial charge on any atom is 0.144 e. The van der Waals surface area contributed by atoms with E-state index in [1.165, 1.54) is 0 Å². The van der Waals surface area contributed by atoms with E-state index in [1.807, 2.05) is 19.9 Å². The fraction of sp³-hybridized carbons (Fsp3) is 0.500. The van der Waals surface area contributed by atoms with Crippen LogP contribution in [-0.2, 0) is 0 Å². The summed E-state index contributed by atoms with van der Waals surface area (Å²) in [5, 5.41) is 12.4. The van der Waals surface area contributed by atoms with E-state index >= 15 is 0 Å². The lowest BCUT2D eigenvalue weighted by atomic mass is 10.1. The highest BCUT2D eigenvalue weighted by Crippen LogP contribution is 2.38. The van der Waals surface area contributed by atoms with Crippen LogP contribution in [0.1, 0.15) is 36.6 Å². The summed E-state index contributed by atoms with van der Waals surface area (Å²) >= 11 is 0. The summed E-state index contributed by atoms with van der Waals surface area (Å²) in [7, 11) is 0. The van der Waals surface area contributed by atoms with E-state index in [9.17, 15) is 0 Å². The van der Waals surface area contributed by atoms with E-state index in [-0.39, 0.29) is 5.54 Å². The van der Waals surface area contributed by atoms with Crippen LogP contribution >= 0.6 is 0 Å². The maximum absolute atomic E-state index is 9.08. The molecule has 1 saturated carbocycles. The monoisotopic (exact) mass is 201 g/mol. The first-order valence-corrected chi connectivity index (χ1v) is 5.21.